The van der Waals surface area contributed by atoms with Crippen molar-refractivity contribution in [2.45, 2.75) is 0 Å². The lowest BCUT2D eigenvalue weighted by Crippen LogP contribution is -2.59. The molecule has 0 atom stereocenters. The maximum Gasteiger partial charge on any atom is 0.250 e. The van der Waals surface area contributed by atoms with Gasteiger partial charge in [0, 0.05) is 44.0 Å². The number of hydrogen-bond donors (Lipinski definition) is 0. The maximum absolute atomic E-state index is 12.1. The molecule has 0 saturated carbocycles. The largest absolute Gasteiger partial charge is 0.320 e. The second kappa shape index (κ2) is 16.2. The summed E-state index contributed by atoms with van der Waals surface area (Å²) in [6, 6.07) is 88.6. The Morgan fingerprint density at radius 2 is 0.757 bits per heavy atom. The normalized spacial score (nSPS) is 12.0. The molecule has 0 saturated heterocycles. The standard InChI is InChI=1S/C68H40BN5/c1-71-63-67(57(42-70)66-62-68(63)74-61-25-11-9-19-54(61)56-21-13-23-59(65(56)74)69(62)58-22-12-20-55-53-18-8-10-24-60(53)73(66)64(55)58)72(51-38-34-49(35-39-51)47-30-26-45(27-31-47)43-14-4-2-5-15-43)52-40-36-50(37-41-52)48-32-28-46(29-33-48)44-16-6-3-7-17-44/h2-41H. The van der Waals surface area contributed by atoms with Crippen molar-refractivity contribution in [3.05, 3.63) is 260 Å². The van der Waals surface area contributed by atoms with Crippen LogP contribution in [0.4, 0.5) is 22.7 Å². The molecule has 0 bridgehead atoms. The first-order valence-corrected chi connectivity index (χ1v) is 25.0. The van der Waals surface area contributed by atoms with Crippen molar-refractivity contribution < 1.29 is 0 Å². The Labute approximate surface area is 428 Å². The van der Waals surface area contributed by atoms with Crippen LogP contribution in [-0.2, 0) is 0 Å². The summed E-state index contributed by atoms with van der Waals surface area (Å²) < 4.78 is 4.68. The van der Waals surface area contributed by atoms with E-state index < -0.39 is 0 Å². The summed E-state index contributed by atoms with van der Waals surface area (Å²) in [5.41, 5.74) is 21.2. The highest BCUT2D eigenvalue weighted by Crippen LogP contribution is 2.51. The smallest absolute Gasteiger partial charge is 0.250 e. The number of rotatable bonds is 7. The summed E-state index contributed by atoms with van der Waals surface area (Å²) in [4.78, 5) is 6.79. The first kappa shape index (κ1) is 41.6. The van der Waals surface area contributed by atoms with Gasteiger partial charge in [-0.05, 0) is 97.3 Å². The van der Waals surface area contributed by atoms with Gasteiger partial charge < -0.3 is 14.0 Å². The molecule has 74 heavy (non-hydrogen) atoms. The lowest BCUT2D eigenvalue weighted by molar-refractivity contribution is 1.13. The van der Waals surface area contributed by atoms with Crippen LogP contribution in [0.2, 0.25) is 0 Å². The van der Waals surface area contributed by atoms with Crippen LogP contribution in [0.1, 0.15) is 5.56 Å². The number of fused-ring (bicyclic) bond motifs is 10. The SMILES string of the molecule is [C-]#[N+]c1c(N(c2ccc(-c3ccc(-c4ccccc4)cc3)cc2)c2ccc(-c3ccc(-c4ccccc4)cc3)cc2)c(C#N)c2c3c1-n1c4ccccc4c4cccc(c41)B3c1cccc3c4ccccc4n-2c13. The monoisotopic (exact) mass is 937 g/mol. The molecule has 15 rings (SSSR count). The van der Waals surface area contributed by atoms with Crippen molar-refractivity contribution in [2.24, 2.45) is 0 Å². The fourth-order valence-corrected chi connectivity index (χ4v) is 12.4. The van der Waals surface area contributed by atoms with Crippen LogP contribution in [0, 0.1) is 17.9 Å². The van der Waals surface area contributed by atoms with Gasteiger partial charge in [0.2, 0.25) is 5.69 Å². The van der Waals surface area contributed by atoms with Crippen LogP contribution in [0.5, 0.6) is 0 Å². The topological polar surface area (TPSA) is 41.2 Å². The lowest BCUT2D eigenvalue weighted by Gasteiger charge is -2.38. The Kier molecular flexibility index (Phi) is 9.11. The van der Waals surface area contributed by atoms with E-state index in [4.69, 9.17) is 0 Å². The van der Waals surface area contributed by atoms with Gasteiger partial charge in [0.15, 0.2) is 0 Å². The molecular weight excluding hydrogens is 898 g/mol. The minimum absolute atomic E-state index is 0.240. The fraction of sp³-hybridized carbons (Fsp3) is 0. The Morgan fingerprint density at radius 3 is 1.18 bits per heavy atom. The number of para-hydroxylation sites is 4. The van der Waals surface area contributed by atoms with E-state index in [2.05, 4.69) is 255 Å². The number of nitriles is 1. The molecule has 11 aromatic carbocycles. The average Bonchev–Trinajstić information content (AvgIpc) is 4.14. The second-order valence-corrected chi connectivity index (χ2v) is 19.3. The molecule has 5 nitrogen and oxygen atoms in total. The highest BCUT2D eigenvalue weighted by molar-refractivity contribution is 7.00. The first-order valence-electron chi connectivity index (χ1n) is 25.0. The predicted molar refractivity (Wildman–Crippen MR) is 307 cm³/mol. The number of anilines is 3. The van der Waals surface area contributed by atoms with E-state index >= 15 is 0 Å². The maximum atomic E-state index is 12.1. The summed E-state index contributed by atoms with van der Waals surface area (Å²) in [6.45, 7) is 9.20. The number of benzene rings is 11. The zero-order valence-electron chi connectivity index (χ0n) is 39.9. The lowest BCUT2D eigenvalue weighted by atomic mass is 9.34. The number of aromatic nitrogens is 2. The van der Waals surface area contributed by atoms with Crippen LogP contribution in [-0.4, -0.2) is 15.8 Å². The molecular formula is C68H40BN5. The zero-order valence-corrected chi connectivity index (χ0v) is 39.9. The van der Waals surface area contributed by atoms with E-state index in [1.165, 1.54) is 22.1 Å². The molecule has 4 heterocycles. The summed E-state index contributed by atoms with van der Waals surface area (Å²) in [6.07, 6.45) is 0. The predicted octanol–water partition coefficient (Wildman–Crippen LogP) is 15.6. The van der Waals surface area contributed by atoms with Crippen molar-refractivity contribution in [3.8, 4) is 62.0 Å². The average molecular weight is 938 g/mol. The highest BCUT2D eigenvalue weighted by Gasteiger charge is 2.45. The van der Waals surface area contributed by atoms with E-state index in [1.807, 2.05) is 12.1 Å². The third-order valence-electron chi connectivity index (χ3n) is 15.6. The summed E-state index contributed by atoms with van der Waals surface area (Å²) in [7, 11) is 0. The van der Waals surface area contributed by atoms with Gasteiger partial charge in [-0.15, -0.1) is 0 Å². The van der Waals surface area contributed by atoms with Crippen LogP contribution in [0.15, 0.2) is 243 Å². The van der Waals surface area contributed by atoms with Crippen molar-refractivity contribution in [1.29, 1.82) is 5.26 Å². The quantitative estimate of drug-likeness (QED) is 0.118. The molecule has 0 N–H and O–H groups in total. The molecule has 2 aliphatic heterocycles. The van der Waals surface area contributed by atoms with Gasteiger partial charge in [-0.25, -0.2) is 4.85 Å². The van der Waals surface area contributed by atoms with E-state index in [0.29, 0.717) is 16.9 Å². The summed E-state index contributed by atoms with van der Waals surface area (Å²) >= 11 is 0. The number of nitrogens with zero attached hydrogens (tertiary/aromatic N) is 5. The first-order chi connectivity index (χ1) is 36.7. The van der Waals surface area contributed by atoms with E-state index in [9.17, 15) is 11.8 Å². The van der Waals surface area contributed by atoms with Crippen molar-refractivity contribution in [2.75, 3.05) is 4.90 Å². The molecule has 0 unspecified atom stereocenters. The van der Waals surface area contributed by atoms with Gasteiger partial charge in [0.05, 0.1) is 40.2 Å². The molecule has 340 valence electrons. The van der Waals surface area contributed by atoms with Gasteiger partial charge in [0.25, 0.3) is 6.71 Å². The van der Waals surface area contributed by atoms with Gasteiger partial charge in [-0.1, -0.05) is 206 Å². The van der Waals surface area contributed by atoms with Crippen LogP contribution in [0.25, 0.3) is 104 Å². The highest BCUT2D eigenvalue weighted by atomic mass is 15.2. The van der Waals surface area contributed by atoms with E-state index in [1.54, 1.807) is 0 Å². The van der Waals surface area contributed by atoms with Crippen molar-refractivity contribution in [1.82, 2.24) is 9.13 Å². The second-order valence-electron chi connectivity index (χ2n) is 19.3. The van der Waals surface area contributed by atoms with Gasteiger partial charge in [-0.3, -0.25) is 0 Å². The van der Waals surface area contributed by atoms with Crippen LogP contribution in [0.3, 0.4) is 0 Å². The molecule has 2 aromatic heterocycles. The molecule has 13 aromatic rings. The zero-order chi connectivity index (χ0) is 49.0. The molecule has 0 spiro atoms. The molecule has 0 fully saturated rings. The van der Waals surface area contributed by atoms with Crippen molar-refractivity contribution in [3.63, 3.8) is 0 Å². The Morgan fingerprint density at radius 1 is 0.392 bits per heavy atom. The molecule has 0 radical (unpaired) electrons. The number of hydrogen-bond acceptors (Lipinski definition) is 2. The van der Waals surface area contributed by atoms with Gasteiger partial charge in [0.1, 0.15) is 6.07 Å². The minimum Gasteiger partial charge on any atom is -0.320 e. The molecule has 6 heteroatoms. The molecule has 2 aliphatic rings. The third-order valence-corrected chi connectivity index (χ3v) is 15.6. The Hall–Kier alpha value is -10.1. The molecule has 0 amide bonds. The van der Waals surface area contributed by atoms with Crippen LogP contribution < -0.4 is 21.3 Å². The molecule has 0 aliphatic carbocycles. The summed E-state index contributed by atoms with van der Waals surface area (Å²) in [5.74, 6) is 0. The summed E-state index contributed by atoms with van der Waals surface area (Å²) in [5, 5.41) is 16.6. The van der Waals surface area contributed by atoms with Crippen LogP contribution >= 0.6 is 0 Å². The van der Waals surface area contributed by atoms with E-state index in [0.717, 1.165) is 105 Å². The fourth-order valence-electron chi connectivity index (χ4n) is 12.4. The minimum atomic E-state index is -0.240. The van der Waals surface area contributed by atoms with Gasteiger partial charge >= 0.3 is 0 Å². The van der Waals surface area contributed by atoms with E-state index in [-0.39, 0.29) is 6.71 Å². The Balaban J connectivity index is 1.00. The van der Waals surface area contributed by atoms with Crippen molar-refractivity contribution >= 4 is 89.5 Å². The van der Waals surface area contributed by atoms with Gasteiger partial charge in [-0.2, -0.15) is 5.26 Å². The third kappa shape index (κ3) is 5.97. The Bertz CT molecular complexity index is 4230.